The van der Waals surface area contributed by atoms with E-state index in [1.807, 2.05) is 12.1 Å². The molecule has 9 nitrogen and oxygen atoms in total. The van der Waals surface area contributed by atoms with Crippen LogP contribution < -0.4 is 24.8 Å². The van der Waals surface area contributed by atoms with Crippen molar-refractivity contribution in [1.29, 1.82) is 0 Å². The Morgan fingerprint density at radius 1 is 1.32 bits per heavy atom. The van der Waals surface area contributed by atoms with Crippen molar-refractivity contribution in [2.75, 3.05) is 26.5 Å². The van der Waals surface area contributed by atoms with Gasteiger partial charge in [0, 0.05) is 18.8 Å². The van der Waals surface area contributed by atoms with Crippen LogP contribution in [0.25, 0.3) is 22.3 Å². The molecule has 0 unspecified atom stereocenters. The van der Waals surface area contributed by atoms with Crippen LogP contribution in [0.15, 0.2) is 24.7 Å². The van der Waals surface area contributed by atoms with Crippen molar-refractivity contribution in [2.24, 2.45) is 0 Å². The SMILES string of the molecule is CCCCOc1ccc2c(c1-c1ncnc3c(C(=O)N[C@@H]4CCNC4)c[nH]c13)OCO2. The summed E-state index contributed by atoms with van der Waals surface area (Å²) in [5.74, 6) is 1.74. The molecule has 5 rings (SSSR count). The molecule has 3 N–H and O–H groups in total. The highest BCUT2D eigenvalue weighted by Crippen LogP contribution is 2.47. The lowest BCUT2D eigenvalue weighted by Crippen LogP contribution is -2.36. The number of carbonyl (C=O) groups is 1. The first kappa shape index (κ1) is 19.6. The molecular formula is C22H25N5O4. The molecule has 1 saturated heterocycles. The summed E-state index contributed by atoms with van der Waals surface area (Å²) in [7, 11) is 0. The van der Waals surface area contributed by atoms with Crippen molar-refractivity contribution in [2.45, 2.75) is 32.2 Å². The minimum Gasteiger partial charge on any atom is -0.493 e. The van der Waals surface area contributed by atoms with Gasteiger partial charge in [0.25, 0.3) is 5.91 Å². The van der Waals surface area contributed by atoms with Crippen molar-refractivity contribution < 1.29 is 19.0 Å². The van der Waals surface area contributed by atoms with Gasteiger partial charge >= 0.3 is 0 Å². The molecule has 3 aromatic rings. The molecule has 4 heterocycles. The van der Waals surface area contributed by atoms with Crippen LogP contribution in [0.5, 0.6) is 17.2 Å². The van der Waals surface area contributed by atoms with E-state index < -0.39 is 0 Å². The molecule has 2 aliphatic rings. The number of unbranched alkanes of at least 4 members (excludes halogenated alkanes) is 1. The standard InChI is InChI=1S/C22H25N5O4/c1-2-3-8-29-15-4-5-16-21(31-12-30-16)17(15)19-20-18(25-11-26-19)14(10-24-20)22(28)27-13-6-7-23-9-13/h4-5,10-11,13,23-24H,2-3,6-9,12H2,1H3,(H,27,28)/t13-/m1/s1. The number of aromatic amines is 1. The van der Waals surface area contributed by atoms with Gasteiger partial charge in [0.15, 0.2) is 11.5 Å². The maximum absolute atomic E-state index is 12.9. The van der Waals surface area contributed by atoms with Crippen molar-refractivity contribution in [3.63, 3.8) is 0 Å². The second kappa shape index (κ2) is 8.43. The van der Waals surface area contributed by atoms with Gasteiger partial charge in [-0.2, -0.15) is 0 Å². The fourth-order valence-corrected chi connectivity index (χ4v) is 3.97. The monoisotopic (exact) mass is 423 g/mol. The smallest absolute Gasteiger partial charge is 0.255 e. The number of amides is 1. The Bertz CT molecular complexity index is 1110. The number of ether oxygens (including phenoxy) is 3. The van der Waals surface area contributed by atoms with Gasteiger partial charge in [-0.3, -0.25) is 4.79 Å². The van der Waals surface area contributed by atoms with Crippen LogP contribution in [0.3, 0.4) is 0 Å². The molecule has 0 saturated carbocycles. The lowest BCUT2D eigenvalue weighted by molar-refractivity contribution is 0.0941. The number of nitrogens with zero attached hydrogens (tertiary/aromatic N) is 2. The number of nitrogens with one attached hydrogen (secondary N) is 3. The molecule has 0 spiro atoms. The van der Waals surface area contributed by atoms with E-state index in [1.54, 1.807) is 6.20 Å². The number of hydrogen-bond acceptors (Lipinski definition) is 7. The molecule has 1 amide bonds. The number of hydrogen-bond donors (Lipinski definition) is 3. The topological polar surface area (TPSA) is 110 Å². The van der Waals surface area contributed by atoms with E-state index in [1.165, 1.54) is 6.33 Å². The largest absolute Gasteiger partial charge is 0.493 e. The van der Waals surface area contributed by atoms with Gasteiger partial charge in [-0.25, -0.2) is 9.97 Å². The van der Waals surface area contributed by atoms with Crippen LogP contribution in [-0.2, 0) is 0 Å². The third-order valence-corrected chi connectivity index (χ3v) is 5.60. The van der Waals surface area contributed by atoms with Gasteiger partial charge in [0.2, 0.25) is 6.79 Å². The summed E-state index contributed by atoms with van der Waals surface area (Å²) in [5, 5.41) is 6.32. The molecule has 1 fully saturated rings. The zero-order valence-corrected chi connectivity index (χ0v) is 17.4. The molecule has 9 heteroatoms. The Morgan fingerprint density at radius 3 is 3.10 bits per heavy atom. The molecule has 0 aliphatic carbocycles. The zero-order chi connectivity index (χ0) is 21.2. The lowest BCUT2D eigenvalue weighted by atomic mass is 10.1. The van der Waals surface area contributed by atoms with E-state index in [0.717, 1.165) is 32.4 Å². The van der Waals surface area contributed by atoms with Crippen LogP contribution in [0.4, 0.5) is 0 Å². The maximum Gasteiger partial charge on any atom is 0.255 e. The summed E-state index contributed by atoms with van der Waals surface area (Å²) in [6.45, 7) is 4.53. The molecular weight excluding hydrogens is 398 g/mol. The van der Waals surface area contributed by atoms with Crippen LogP contribution in [0.2, 0.25) is 0 Å². The Morgan fingerprint density at radius 2 is 2.26 bits per heavy atom. The van der Waals surface area contributed by atoms with Gasteiger partial charge in [0.1, 0.15) is 23.3 Å². The second-order valence-electron chi connectivity index (χ2n) is 7.69. The number of aromatic nitrogens is 3. The minimum absolute atomic E-state index is 0.125. The molecule has 1 atom stereocenters. The quantitative estimate of drug-likeness (QED) is 0.501. The van der Waals surface area contributed by atoms with Crippen LogP contribution in [0, 0.1) is 0 Å². The Kier molecular flexibility index (Phi) is 5.33. The third kappa shape index (κ3) is 3.65. The molecule has 162 valence electrons. The molecule has 2 aromatic heterocycles. The molecule has 31 heavy (non-hydrogen) atoms. The lowest BCUT2D eigenvalue weighted by Gasteiger charge is -2.14. The Labute approximate surface area is 179 Å². The summed E-state index contributed by atoms with van der Waals surface area (Å²) in [6, 6.07) is 3.84. The summed E-state index contributed by atoms with van der Waals surface area (Å²) in [4.78, 5) is 25.0. The number of rotatable bonds is 7. The minimum atomic E-state index is -0.151. The van der Waals surface area contributed by atoms with Gasteiger partial charge in [-0.1, -0.05) is 13.3 Å². The first-order valence-electron chi connectivity index (χ1n) is 10.7. The summed E-state index contributed by atoms with van der Waals surface area (Å²) in [6.07, 6.45) is 6.03. The van der Waals surface area contributed by atoms with Crippen LogP contribution in [-0.4, -0.2) is 53.4 Å². The van der Waals surface area contributed by atoms with Crippen LogP contribution >= 0.6 is 0 Å². The maximum atomic E-state index is 12.9. The van der Waals surface area contributed by atoms with Gasteiger partial charge in [-0.05, 0) is 31.5 Å². The van der Waals surface area contributed by atoms with Gasteiger partial charge in [-0.15, -0.1) is 0 Å². The molecule has 0 radical (unpaired) electrons. The van der Waals surface area contributed by atoms with Gasteiger partial charge in [0.05, 0.1) is 23.3 Å². The Balaban J connectivity index is 1.56. The van der Waals surface area contributed by atoms with Crippen molar-refractivity contribution in [3.05, 3.63) is 30.2 Å². The zero-order valence-electron chi connectivity index (χ0n) is 17.4. The fraction of sp³-hybridized carbons (Fsp3) is 0.409. The average Bonchev–Trinajstić information content (AvgIpc) is 3.53. The predicted molar refractivity (Wildman–Crippen MR) is 115 cm³/mol. The number of benzene rings is 1. The van der Waals surface area contributed by atoms with Gasteiger partial charge < -0.3 is 29.8 Å². The number of fused-ring (bicyclic) bond motifs is 2. The summed E-state index contributed by atoms with van der Waals surface area (Å²) >= 11 is 0. The van der Waals surface area contributed by atoms with Crippen molar-refractivity contribution in [3.8, 4) is 28.5 Å². The number of carbonyl (C=O) groups excluding carboxylic acids is 1. The fourth-order valence-electron chi connectivity index (χ4n) is 3.97. The average molecular weight is 423 g/mol. The molecule has 2 aliphatic heterocycles. The summed E-state index contributed by atoms with van der Waals surface area (Å²) < 4.78 is 17.4. The highest BCUT2D eigenvalue weighted by Gasteiger charge is 2.27. The first-order valence-corrected chi connectivity index (χ1v) is 10.7. The highest BCUT2D eigenvalue weighted by molar-refractivity contribution is 6.08. The Hall–Kier alpha value is -3.33. The predicted octanol–water partition coefficient (Wildman–Crippen LogP) is 2.62. The first-order chi connectivity index (χ1) is 15.3. The summed E-state index contributed by atoms with van der Waals surface area (Å²) in [5.41, 5.74) is 3.02. The van der Waals surface area contributed by atoms with E-state index in [-0.39, 0.29) is 18.7 Å². The third-order valence-electron chi connectivity index (χ3n) is 5.60. The molecule has 0 bridgehead atoms. The number of H-pyrrole nitrogens is 1. The van der Waals surface area contributed by atoms with E-state index in [2.05, 4.69) is 32.5 Å². The highest BCUT2D eigenvalue weighted by atomic mass is 16.7. The van der Waals surface area contributed by atoms with Crippen molar-refractivity contribution in [1.82, 2.24) is 25.6 Å². The van der Waals surface area contributed by atoms with E-state index in [0.29, 0.717) is 51.7 Å². The van der Waals surface area contributed by atoms with Crippen molar-refractivity contribution >= 4 is 16.9 Å². The van der Waals surface area contributed by atoms with E-state index in [4.69, 9.17) is 14.2 Å². The second-order valence-corrected chi connectivity index (χ2v) is 7.69. The van der Waals surface area contributed by atoms with Crippen LogP contribution in [0.1, 0.15) is 36.5 Å². The normalized spacial score (nSPS) is 17.3. The van der Waals surface area contributed by atoms with E-state index in [9.17, 15) is 4.79 Å². The molecule has 1 aromatic carbocycles. The van der Waals surface area contributed by atoms with E-state index >= 15 is 0 Å².